The molecule has 1 aromatic rings. The second-order valence-electron chi connectivity index (χ2n) is 5.42. The van der Waals surface area contributed by atoms with Crippen LogP contribution in [-0.4, -0.2) is 40.0 Å². The van der Waals surface area contributed by atoms with E-state index in [9.17, 15) is 4.79 Å². The van der Waals surface area contributed by atoms with Gasteiger partial charge < -0.3 is 14.9 Å². The number of nitrogens with zero attached hydrogens (tertiary/aromatic N) is 1. The molecule has 0 saturated carbocycles. The minimum Gasteiger partial charge on any atom is -0.460 e. The first-order chi connectivity index (χ1) is 8.85. The van der Waals surface area contributed by atoms with Crippen molar-refractivity contribution >= 4 is 5.97 Å². The van der Waals surface area contributed by atoms with Gasteiger partial charge in [-0.15, -0.1) is 0 Å². The number of ether oxygens (including phenoxy) is 1. The normalized spacial score (nSPS) is 11.7. The first-order valence-corrected chi connectivity index (χ1v) is 6.24. The Bertz CT molecular complexity index is 404. The molecule has 106 valence electrons. The monoisotopic (exact) mass is 267 g/mol. The Labute approximate surface area is 113 Å². The molecule has 2 N–H and O–H groups in total. The molecule has 5 nitrogen and oxygen atoms in total. The summed E-state index contributed by atoms with van der Waals surface area (Å²) in [6.07, 6.45) is 1.73. The van der Waals surface area contributed by atoms with Crippen molar-refractivity contribution in [2.24, 2.45) is 0 Å². The van der Waals surface area contributed by atoms with Gasteiger partial charge in [-0.25, -0.2) is 0 Å². The molecule has 0 aliphatic carbocycles. The summed E-state index contributed by atoms with van der Waals surface area (Å²) in [5.41, 5.74) is 0.856. The molecule has 19 heavy (non-hydrogen) atoms. The number of pyridine rings is 1. The maximum Gasteiger partial charge on any atom is 0.310 e. The average molecular weight is 267 g/mol. The summed E-state index contributed by atoms with van der Waals surface area (Å²) in [5.74, 6) is -0.682. The largest absolute Gasteiger partial charge is 0.460 e. The lowest BCUT2D eigenvalue weighted by Gasteiger charge is -2.19. The van der Waals surface area contributed by atoms with Gasteiger partial charge in [-0.2, -0.15) is 0 Å². The van der Waals surface area contributed by atoms with Gasteiger partial charge in [0.2, 0.25) is 0 Å². The van der Waals surface area contributed by atoms with Gasteiger partial charge >= 0.3 is 5.97 Å². The molecule has 0 atom stereocenters. The minimum atomic E-state index is -0.497. The highest BCUT2D eigenvalue weighted by Gasteiger charge is 2.17. The van der Waals surface area contributed by atoms with Crippen LogP contribution in [0, 0.1) is 0 Å². The van der Waals surface area contributed by atoms with Gasteiger partial charge in [0.15, 0.2) is 0 Å². The number of aliphatic hydroxyl groups excluding tert-OH is 2. The summed E-state index contributed by atoms with van der Waals surface area (Å²) >= 11 is 0. The molecule has 5 heteroatoms. The Morgan fingerprint density at radius 1 is 1.32 bits per heavy atom. The summed E-state index contributed by atoms with van der Waals surface area (Å²) in [6, 6.07) is 3.46. The third kappa shape index (κ3) is 5.36. The van der Waals surface area contributed by atoms with Crippen molar-refractivity contribution in [2.45, 2.75) is 38.7 Å². The van der Waals surface area contributed by atoms with E-state index in [-0.39, 0.29) is 31.5 Å². The van der Waals surface area contributed by atoms with Crippen LogP contribution in [-0.2, 0) is 16.0 Å². The zero-order valence-electron chi connectivity index (χ0n) is 11.6. The van der Waals surface area contributed by atoms with Crippen LogP contribution in [0.1, 0.15) is 37.9 Å². The molecule has 0 radical (unpaired) electrons. The predicted molar refractivity (Wildman–Crippen MR) is 70.7 cm³/mol. The van der Waals surface area contributed by atoms with Gasteiger partial charge in [0, 0.05) is 17.8 Å². The highest BCUT2D eigenvalue weighted by atomic mass is 16.6. The highest BCUT2D eigenvalue weighted by molar-refractivity contribution is 5.72. The van der Waals surface area contributed by atoms with Gasteiger partial charge in [-0.3, -0.25) is 9.78 Å². The molecule has 0 saturated heterocycles. The highest BCUT2D eigenvalue weighted by Crippen LogP contribution is 2.14. The zero-order valence-corrected chi connectivity index (χ0v) is 11.6. The van der Waals surface area contributed by atoms with E-state index in [1.54, 1.807) is 18.3 Å². The molecule has 0 fully saturated rings. The fraction of sp³-hybridized carbons (Fsp3) is 0.571. The smallest absolute Gasteiger partial charge is 0.310 e. The number of esters is 1. The van der Waals surface area contributed by atoms with E-state index in [0.29, 0.717) is 5.69 Å². The van der Waals surface area contributed by atoms with Gasteiger partial charge in [0.1, 0.15) is 5.60 Å². The second kappa shape index (κ2) is 6.63. The molecule has 1 heterocycles. The Morgan fingerprint density at radius 2 is 1.95 bits per heavy atom. The van der Waals surface area contributed by atoms with Crippen molar-refractivity contribution in [1.82, 2.24) is 4.98 Å². The lowest BCUT2D eigenvalue weighted by atomic mass is 10.1. The van der Waals surface area contributed by atoms with Crippen molar-refractivity contribution in [1.29, 1.82) is 0 Å². The van der Waals surface area contributed by atoms with E-state index < -0.39 is 5.60 Å². The van der Waals surface area contributed by atoms with Gasteiger partial charge in [0.25, 0.3) is 0 Å². The Kier molecular flexibility index (Phi) is 5.44. The van der Waals surface area contributed by atoms with E-state index in [2.05, 4.69) is 4.98 Å². The summed E-state index contributed by atoms with van der Waals surface area (Å²) in [4.78, 5) is 15.8. The first-order valence-electron chi connectivity index (χ1n) is 6.24. The van der Waals surface area contributed by atoms with Crippen molar-refractivity contribution in [2.75, 3.05) is 13.2 Å². The van der Waals surface area contributed by atoms with Crippen molar-refractivity contribution in [3.8, 4) is 0 Å². The van der Waals surface area contributed by atoms with Crippen LogP contribution in [0.3, 0.4) is 0 Å². The van der Waals surface area contributed by atoms with Crippen LogP contribution in [0.5, 0.6) is 0 Å². The topological polar surface area (TPSA) is 79.7 Å². The van der Waals surface area contributed by atoms with Crippen LogP contribution in [0.25, 0.3) is 0 Å². The Morgan fingerprint density at radius 3 is 2.37 bits per heavy atom. The summed E-state index contributed by atoms with van der Waals surface area (Å²) in [6.45, 7) is 5.14. The average Bonchev–Trinajstić information content (AvgIpc) is 2.30. The third-order valence-corrected chi connectivity index (χ3v) is 2.48. The standard InChI is InChI=1S/C14H21NO4/c1-14(2,3)19-13(18)6-10-4-5-12(15-7-10)11(8-16)9-17/h4-5,7,11,16-17H,6,8-9H2,1-3H3. The van der Waals surface area contributed by atoms with Crippen LogP contribution >= 0.6 is 0 Å². The lowest BCUT2D eigenvalue weighted by molar-refractivity contribution is -0.153. The van der Waals surface area contributed by atoms with Gasteiger partial charge in [0.05, 0.1) is 19.6 Å². The molecule has 0 unspecified atom stereocenters. The first kappa shape index (κ1) is 15.6. The lowest BCUT2D eigenvalue weighted by Crippen LogP contribution is -2.25. The number of aliphatic hydroxyl groups is 2. The molecule has 0 aliphatic rings. The third-order valence-electron chi connectivity index (χ3n) is 2.48. The van der Waals surface area contributed by atoms with Crippen LogP contribution in [0.2, 0.25) is 0 Å². The second-order valence-corrected chi connectivity index (χ2v) is 5.42. The van der Waals surface area contributed by atoms with E-state index >= 15 is 0 Å². The summed E-state index contributed by atoms with van der Waals surface area (Å²) in [5, 5.41) is 18.1. The fourth-order valence-electron chi connectivity index (χ4n) is 1.57. The number of rotatable bonds is 5. The van der Waals surface area contributed by atoms with E-state index in [1.165, 1.54) is 0 Å². The molecule has 0 bridgehead atoms. The van der Waals surface area contributed by atoms with E-state index in [4.69, 9.17) is 14.9 Å². The fourth-order valence-corrected chi connectivity index (χ4v) is 1.57. The predicted octanol–water partition coefficient (Wildman–Crippen LogP) is 1.03. The maximum absolute atomic E-state index is 11.6. The van der Waals surface area contributed by atoms with Crippen molar-refractivity contribution in [3.05, 3.63) is 29.6 Å². The van der Waals surface area contributed by atoms with Gasteiger partial charge in [-0.05, 0) is 32.4 Å². The number of hydrogen-bond donors (Lipinski definition) is 2. The Balaban J connectivity index is 2.64. The van der Waals surface area contributed by atoms with Crippen LogP contribution in [0.15, 0.2) is 18.3 Å². The van der Waals surface area contributed by atoms with Crippen LogP contribution in [0.4, 0.5) is 0 Å². The van der Waals surface area contributed by atoms with Crippen molar-refractivity contribution < 1.29 is 19.7 Å². The van der Waals surface area contributed by atoms with Crippen LogP contribution < -0.4 is 0 Å². The number of carbonyl (C=O) groups excluding carboxylic acids is 1. The number of hydrogen-bond acceptors (Lipinski definition) is 5. The SMILES string of the molecule is CC(C)(C)OC(=O)Cc1ccc(C(CO)CO)nc1. The molecule has 0 amide bonds. The molecular weight excluding hydrogens is 246 g/mol. The van der Waals surface area contributed by atoms with Gasteiger partial charge in [-0.1, -0.05) is 6.07 Å². The number of carbonyl (C=O) groups is 1. The summed E-state index contributed by atoms with van der Waals surface area (Å²) in [7, 11) is 0. The quantitative estimate of drug-likeness (QED) is 0.779. The molecular formula is C14H21NO4. The minimum absolute atomic E-state index is 0.158. The van der Waals surface area contributed by atoms with E-state index in [1.807, 2.05) is 20.8 Å². The molecule has 0 aromatic carbocycles. The molecule has 0 aliphatic heterocycles. The number of aromatic nitrogens is 1. The van der Waals surface area contributed by atoms with E-state index in [0.717, 1.165) is 5.56 Å². The molecule has 1 aromatic heterocycles. The molecule has 0 spiro atoms. The maximum atomic E-state index is 11.6. The zero-order chi connectivity index (χ0) is 14.5. The Hall–Kier alpha value is -1.46. The molecule has 1 rings (SSSR count). The van der Waals surface area contributed by atoms with Crippen molar-refractivity contribution in [3.63, 3.8) is 0 Å². The summed E-state index contributed by atoms with van der Waals surface area (Å²) < 4.78 is 5.21.